The lowest BCUT2D eigenvalue weighted by Gasteiger charge is -2.47. The number of hydrogen-bond donors (Lipinski definition) is 1. The lowest BCUT2D eigenvalue weighted by Crippen LogP contribution is -2.59. The third-order valence-electron chi connectivity index (χ3n) is 5.44. The molecule has 2 fully saturated rings. The normalized spacial score (nSPS) is 40.4. The predicted molar refractivity (Wildman–Crippen MR) is 74.1 cm³/mol. The molecule has 2 nitrogen and oxygen atoms in total. The fraction of sp³-hybridized carbons (Fsp3) is 1.00. The first-order valence-electron chi connectivity index (χ1n) is 7.71. The Kier molecular flexibility index (Phi) is 4.48. The molecule has 1 aliphatic carbocycles. The van der Waals surface area contributed by atoms with E-state index in [0.717, 1.165) is 18.5 Å². The fourth-order valence-corrected chi connectivity index (χ4v) is 4.26. The van der Waals surface area contributed by atoms with E-state index in [2.05, 4.69) is 18.7 Å². The smallest absolute Gasteiger partial charge is 0.0360 e. The maximum absolute atomic E-state index is 6.22. The molecule has 2 rings (SSSR count). The van der Waals surface area contributed by atoms with Gasteiger partial charge in [-0.3, -0.25) is 4.90 Å². The molecule has 0 aromatic carbocycles. The average molecular weight is 238 g/mol. The summed E-state index contributed by atoms with van der Waals surface area (Å²) in [6.07, 6.45) is 11.0. The van der Waals surface area contributed by atoms with Crippen LogP contribution in [0.1, 0.15) is 65.2 Å². The van der Waals surface area contributed by atoms with Gasteiger partial charge in [-0.1, -0.05) is 33.1 Å². The Morgan fingerprint density at radius 2 is 2.00 bits per heavy atom. The maximum atomic E-state index is 6.22. The molecule has 3 unspecified atom stereocenters. The first kappa shape index (κ1) is 13.4. The van der Waals surface area contributed by atoms with E-state index < -0.39 is 0 Å². The molecule has 0 aromatic rings. The Bertz CT molecular complexity index is 241. The summed E-state index contributed by atoms with van der Waals surface area (Å²) in [5.74, 6) is 0.791. The van der Waals surface area contributed by atoms with Crippen LogP contribution in [0.5, 0.6) is 0 Å². The quantitative estimate of drug-likeness (QED) is 0.818. The molecule has 1 saturated carbocycles. The van der Waals surface area contributed by atoms with Gasteiger partial charge in [-0.05, 0) is 44.6 Å². The lowest BCUT2D eigenvalue weighted by atomic mass is 9.84. The number of nitrogens with two attached hydrogens (primary N) is 1. The fourth-order valence-electron chi connectivity index (χ4n) is 4.26. The topological polar surface area (TPSA) is 29.3 Å². The average Bonchev–Trinajstić information content (AvgIpc) is 2.59. The largest absolute Gasteiger partial charge is 0.329 e. The number of rotatable bonds is 3. The van der Waals surface area contributed by atoms with Crippen LogP contribution in [0.25, 0.3) is 0 Å². The number of likely N-dealkylation sites (tertiary alicyclic amines) is 1. The van der Waals surface area contributed by atoms with E-state index in [9.17, 15) is 0 Å². The standard InChI is InChI=1S/C15H30N2/c1-3-14-9-5-4-6-11-17(14)15(12-16)10-7-8-13(15)2/h13-14H,3-12,16H2,1-2H3. The van der Waals surface area contributed by atoms with Gasteiger partial charge in [0.25, 0.3) is 0 Å². The van der Waals surface area contributed by atoms with Gasteiger partial charge in [0.15, 0.2) is 0 Å². The zero-order valence-electron chi connectivity index (χ0n) is 11.8. The molecular weight excluding hydrogens is 208 g/mol. The van der Waals surface area contributed by atoms with Gasteiger partial charge >= 0.3 is 0 Å². The van der Waals surface area contributed by atoms with E-state index in [-0.39, 0.29) is 0 Å². The minimum atomic E-state index is 0.338. The van der Waals surface area contributed by atoms with E-state index >= 15 is 0 Å². The van der Waals surface area contributed by atoms with Gasteiger partial charge in [0.05, 0.1) is 0 Å². The highest BCUT2D eigenvalue weighted by molar-refractivity contribution is 5.02. The molecule has 2 N–H and O–H groups in total. The monoisotopic (exact) mass is 238 g/mol. The zero-order valence-corrected chi connectivity index (χ0v) is 11.8. The molecule has 1 aliphatic heterocycles. The summed E-state index contributed by atoms with van der Waals surface area (Å²) in [4.78, 5) is 2.83. The predicted octanol–water partition coefficient (Wildman–Crippen LogP) is 3.16. The molecule has 0 bridgehead atoms. The van der Waals surface area contributed by atoms with Crippen molar-refractivity contribution < 1.29 is 0 Å². The molecule has 100 valence electrons. The minimum Gasteiger partial charge on any atom is -0.329 e. The van der Waals surface area contributed by atoms with Crippen molar-refractivity contribution in [3.8, 4) is 0 Å². The summed E-state index contributed by atoms with van der Waals surface area (Å²) in [7, 11) is 0. The Labute approximate surface area is 107 Å². The van der Waals surface area contributed by atoms with Gasteiger partial charge in [-0.2, -0.15) is 0 Å². The van der Waals surface area contributed by atoms with Crippen molar-refractivity contribution in [3.63, 3.8) is 0 Å². The van der Waals surface area contributed by atoms with Crippen LogP contribution < -0.4 is 5.73 Å². The van der Waals surface area contributed by atoms with Crippen LogP contribution in [0.4, 0.5) is 0 Å². The van der Waals surface area contributed by atoms with Gasteiger partial charge in [-0.15, -0.1) is 0 Å². The van der Waals surface area contributed by atoms with Crippen LogP contribution in [0.15, 0.2) is 0 Å². The maximum Gasteiger partial charge on any atom is 0.0360 e. The van der Waals surface area contributed by atoms with Crippen LogP contribution in [-0.4, -0.2) is 29.6 Å². The van der Waals surface area contributed by atoms with E-state index in [0.29, 0.717) is 5.54 Å². The SMILES string of the molecule is CCC1CCCCCN1C1(CN)CCCC1C. The molecule has 0 spiro atoms. The second kappa shape index (κ2) is 5.71. The van der Waals surface area contributed by atoms with Crippen molar-refractivity contribution in [1.82, 2.24) is 4.90 Å². The van der Waals surface area contributed by atoms with Gasteiger partial charge in [-0.25, -0.2) is 0 Å². The molecule has 2 aliphatic rings. The molecule has 1 heterocycles. The first-order chi connectivity index (χ1) is 8.24. The molecule has 2 heteroatoms. The summed E-state index contributed by atoms with van der Waals surface area (Å²) in [6.45, 7) is 6.94. The van der Waals surface area contributed by atoms with Gasteiger partial charge in [0, 0.05) is 18.1 Å². The summed E-state index contributed by atoms with van der Waals surface area (Å²) in [5.41, 5.74) is 6.55. The second-order valence-corrected chi connectivity index (χ2v) is 6.21. The van der Waals surface area contributed by atoms with Crippen molar-refractivity contribution in [2.45, 2.75) is 76.8 Å². The Morgan fingerprint density at radius 3 is 2.59 bits per heavy atom. The van der Waals surface area contributed by atoms with Gasteiger partial charge < -0.3 is 5.73 Å². The number of nitrogens with zero attached hydrogens (tertiary/aromatic N) is 1. The molecule has 0 amide bonds. The molecular formula is C15H30N2. The van der Waals surface area contributed by atoms with Crippen LogP contribution in [0.2, 0.25) is 0 Å². The summed E-state index contributed by atoms with van der Waals surface area (Å²) in [6, 6.07) is 0.793. The van der Waals surface area contributed by atoms with Crippen molar-refractivity contribution in [2.75, 3.05) is 13.1 Å². The van der Waals surface area contributed by atoms with Crippen LogP contribution in [0, 0.1) is 5.92 Å². The Morgan fingerprint density at radius 1 is 1.18 bits per heavy atom. The summed E-state index contributed by atoms with van der Waals surface area (Å²) in [5, 5.41) is 0. The van der Waals surface area contributed by atoms with Crippen LogP contribution in [0.3, 0.4) is 0 Å². The first-order valence-corrected chi connectivity index (χ1v) is 7.71. The van der Waals surface area contributed by atoms with Crippen molar-refractivity contribution in [3.05, 3.63) is 0 Å². The minimum absolute atomic E-state index is 0.338. The van der Waals surface area contributed by atoms with Gasteiger partial charge in [0.1, 0.15) is 0 Å². The van der Waals surface area contributed by atoms with Gasteiger partial charge in [0.2, 0.25) is 0 Å². The van der Waals surface area contributed by atoms with E-state index in [4.69, 9.17) is 5.73 Å². The molecule has 0 aromatic heterocycles. The Hall–Kier alpha value is -0.0800. The highest BCUT2D eigenvalue weighted by atomic mass is 15.2. The molecule has 17 heavy (non-hydrogen) atoms. The van der Waals surface area contributed by atoms with Crippen LogP contribution >= 0.6 is 0 Å². The zero-order chi connectivity index (χ0) is 12.3. The van der Waals surface area contributed by atoms with E-state index in [1.165, 1.54) is 57.9 Å². The molecule has 0 radical (unpaired) electrons. The number of hydrogen-bond acceptors (Lipinski definition) is 2. The Balaban J connectivity index is 2.20. The van der Waals surface area contributed by atoms with Crippen molar-refractivity contribution >= 4 is 0 Å². The second-order valence-electron chi connectivity index (χ2n) is 6.21. The third-order valence-corrected chi connectivity index (χ3v) is 5.44. The highest BCUT2D eigenvalue weighted by Gasteiger charge is 2.45. The lowest BCUT2D eigenvalue weighted by molar-refractivity contribution is 0.0232. The van der Waals surface area contributed by atoms with Crippen LogP contribution in [-0.2, 0) is 0 Å². The molecule has 1 saturated heterocycles. The third kappa shape index (κ3) is 2.39. The summed E-state index contributed by atoms with van der Waals surface area (Å²) >= 11 is 0. The summed E-state index contributed by atoms with van der Waals surface area (Å²) < 4.78 is 0. The molecule has 3 atom stereocenters. The highest BCUT2D eigenvalue weighted by Crippen LogP contribution is 2.42. The van der Waals surface area contributed by atoms with Crippen molar-refractivity contribution in [1.29, 1.82) is 0 Å². The van der Waals surface area contributed by atoms with E-state index in [1.54, 1.807) is 0 Å². The van der Waals surface area contributed by atoms with E-state index in [1.807, 2.05) is 0 Å². The van der Waals surface area contributed by atoms with Crippen molar-refractivity contribution in [2.24, 2.45) is 11.7 Å².